The zero-order valence-corrected chi connectivity index (χ0v) is 69.6. The second-order valence-electron chi connectivity index (χ2n) is 28.6. The Morgan fingerprint density at radius 3 is 0.813 bits per heavy atom. The molecule has 0 fully saturated rings. The van der Waals surface area contributed by atoms with Gasteiger partial charge in [0.1, 0.15) is 25.4 Å². The third-order valence-corrected chi connectivity index (χ3v) is 20.0. The summed E-state index contributed by atoms with van der Waals surface area (Å²) in [7, 11) is -9.80. The van der Waals surface area contributed by atoms with E-state index in [4.69, 9.17) is 32.3 Å². The maximum absolute atomic E-state index is 13.0. The van der Waals surface area contributed by atoms with Crippen molar-refractivity contribution in [3.8, 4) is 0 Å². The first-order valence-corrected chi connectivity index (χ1v) is 45.8. The first-order valence-electron chi connectivity index (χ1n) is 42.8. The standard InChI is InChI=1S/C89H156O16P2/c1-4-7-10-13-16-19-22-25-28-30-32-34-36-37-38-39-40-41-42-43-44-45-47-49-50-52-55-57-60-63-66-69-72-75-87(92)99-78-84(90)79-101-106(95,96)102-80-85(91)81-103-107(97,98)104-83-86(105-89(94)77-74-71-68-65-62-59-54-27-24-21-18-15-12-9-6-3)82-100-88(93)76-73-70-67-64-61-58-56-53-51-48-46-35-33-31-29-26-23-20-17-14-11-8-5-2/h7,10,16-17,19-20,25-29,32-35,37-38,48,51,54,84-86,90-91H,4-6,8-9,11-15,18,21-24,30-31,36,39-47,49-50,52-53,55-83H2,1-3H3,(H,95,96)(H,97,98)/b10-7-,19-16-,20-17-,28-25-,29-26-,34-32-,35-33-,38-37-,51-48-,54-27-. The van der Waals surface area contributed by atoms with Crippen LogP contribution in [0, 0.1) is 0 Å². The van der Waals surface area contributed by atoms with Crippen LogP contribution in [0.5, 0.6) is 0 Å². The molecule has 0 heterocycles. The minimum absolute atomic E-state index is 0.0921. The molecular weight excluding hydrogens is 1390 g/mol. The van der Waals surface area contributed by atoms with Crippen molar-refractivity contribution in [1.29, 1.82) is 0 Å². The van der Waals surface area contributed by atoms with Gasteiger partial charge in [0.2, 0.25) is 0 Å². The fourth-order valence-corrected chi connectivity index (χ4v) is 13.2. The molecule has 5 unspecified atom stereocenters. The molecule has 0 saturated heterocycles. The van der Waals surface area contributed by atoms with Gasteiger partial charge in [-0.15, -0.1) is 0 Å². The zero-order valence-electron chi connectivity index (χ0n) is 67.8. The van der Waals surface area contributed by atoms with Crippen molar-refractivity contribution in [2.75, 3.05) is 39.6 Å². The van der Waals surface area contributed by atoms with Gasteiger partial charge in [0.25, 0.3) is 0 Å². The van der Waals surface area contributed by atoms with E-state index in [0.717, 1.165) is 154 Å². The second-order valence-corrected chi connectivity index (χ2v) is 31.5. The Bertz CT molecular complexity index is 2430. The summed E-state index contributed by atoms with van der Waals surface area (Å²) >= 11 is 0. The molecule has 16 nitrogen and oxygen atoms in total. The lowest BCUT2D eigenvalue weighted by atomic mass is 10.0. The zero-order chi connectivity index (χ0) is 78.0. The molecule has 0 saturated carbocycles. The van der Waals surface area contributed by atoms with Crippen molar-refractivity contribution in [3.05, 3.63) is 122 Å². The lowest BCUT2D eigenvalue weighted by molar-refractivity contribution is -0.161. The SMILES string of the molecule is CC/C=C\C/C=C\C/C=C\C/C=C\C/C=C\CCCCCCCCCCCCCCCCCCCC(=O)OCC(O)COP(=O)(O)OCC(O)COP(=O)(O)OCC(COC(=O)CCCCCCCCC/C=C\C/C=C\C/C=C\C/C=C\CCCCC)OC(=O)CCCCCCC/C=C\CCCCCCCC. The molecule has 0 aromatic carbocycles. The van der Waals surface area contributed by atoms with Crippen molar-refractivity contribution in [2.24, 2.45) is 0 Å². The van der Waals surface area contributed by atoms with Crippen LogP contribution < -0.4 is 0 Å². The van der Waals surface area contributed by atoms with E-state index < -0.39 is 91.5 Å². The summed E-state index contributed by atoms with van der Waals surface area (Å²) in [6.07, 6.45) is 98.2. The fourth-order valence-electron chi connectivity index (χ4n) is 11.6. The number of phosphoric acid groups is 2. The van der Waals surface area contributed by atoms with Gasteiger partial charge in [0.15, 0.2) is 6.10 Å². The van der Waals surface area contributed by atoms with E-state index in [0.29, 0.717) is 19.3 Å². The van der Waals surface area contributed by atoms with Gasteiger partial charge >= 0.3 is 33.6 Å². The Balaban J connectivity index is 4.46. The topological polar surface area (TPSA) is 231 Å². The first kappa shape index (κ1) is 103. The van der Waals surface area contributed by atoms with Gasteiger partial charge in [-0.1, -0.05) is 335 Å². The summed E-state index contributed by atoms with van der Waals surface area (Å²) in [5.41, 5.74) is 0. The van der Waals surface area contributed by atoms with Gasteiger partial charge in [-0.2, -0.15) is 0 Å². The predicted molar refractivity (Wildman–Crippen MR) is 445 cm³/mol. The van der Waals surface area contributed by atoms with E-state index in [-0.39, 0.29) is 19.3 Å². The van der Waals surface area contributed by atoms with E-state index in [9.17, 15) is 43.5 Å². The summed E-state index contributed by atoms with van der Waals surface area (Å²) in [6.45, 7) is 2.56. The quantitative estimate of drug-likeness (QED) is 0.0146. The Kier molecular flexibility index (Phi) is 78.4. The van der Waals surface area contributed by atoms with Gasteiger partial charge in [-0.25, -0.2) is 9.13 Å². The molecule has 5 atom stereocenters. The third-order valence-electron chi connectivity index (χ3n) is 18.1. The number of ether oxygens (including phenoxy) is 3. The van der Waals surface area contributed by atoms with Crippen LogP contribution in [0.4, 0.5) is 0 Å². The number of aliphatic hydroxyl groups excluding tert-OH is 2. The Labute approximate surface area is 653 Å². The van der Waals surface area contributed by atoms with Crippen LogP contribution in [-0.2, 0) is 55.8 Å². The van der Waals surface area contributed by atoms with Crippen LogP contribution in [0.25, 0.3) is 0 Å². The Morgan fingerprint density at radius 1 is 0.271 bits per heavy atom. The van der Waals surface area contributed by atoms with Crippen molar-refractivity contribution in [3.63, 3.8) is 0 Å². The van der Waals surface area contributed by atoms with E-state index in [2.05, 4.69) is 142 Å². The summed E-state index contributed by atoms with van der Waals surface area (Å²) in [4.78, 5) is 58.8. The molecule has 0 spiro atoms. The fraction of sp³-hybridized carbons (Fsp3) is 0.742. The van der Waals surface area contributed by atoms with Crippen LogP contribution >= 0.6 is 15.6 Å². The largest absolute Gasteiger partial charge is 0.472 e. The highest BCUT2D eigenvalue weighted by Gasteiger charge is 2.29. The molecule has 0 aromatic heterocycles. The molecule has 107 heavy (non-hydrogen) atoms. The summed E-state index contributed by atoms with van der Waals surface area (Å²) in [5, 5.41) is 20.7. The van der Waals surface area contributed by atoms with Crippen LogP contribution in [0.1, 0.15) is 367 Å². The number of phosphoric ester groups is 2. The average Bonchev–Trinajstić information content (AvgIpc) is 0.908. The smallest absolute Gasteiger partial charge is 0.463 e. The second kappa shape index (κ2) is 81.4. The normalized spacial score (nSPS) is 14.5. The molecule has 0 aromatic rings. The Hall–Kier alpha value is -4.05. The molecule has 0 aliphatic heterocycles. The lowest BCUT2D eigenvalue weighted by Gasteiger charge is -2.21. The van der Waals surface area contributed by atoms with Gasteiger partial charge in [0.05, 0.1) is 26.4 Å². The predicted octanol–water partition coefficient (Wildman–Crippen LogP) is 25.7. The summed E-state index contributed by atoms with van der Waals surface area (Å²) in [6, 6.07) is 0. The number of aliphatic hydroxyl groups is 2. The minimum atomic E-state index is -4.94. The van der Waals surface area contributed by atoms with Crippen molar-refractivity contribution in [2.45, 2.75) is 386 Å². The first-order chi connectivity index (χ1) is 52.2. The van der Waals surface area contributed by atoms with E-state index in [1.54, 1.807) is 0 Å². The number of carbonyl (C=O) groups is 3. The number of unbranched alkanes of at least 4 members (excludes halogenated alkanes) is 38. The highest BCUT2D eigenvalue weighted by Crippen LogP contribution is 2.45. The molecule has 618 valence electrons. The number of hydrogen-bond acceptors (Lipinski definition) is 14. The molecule has 0 aliphatic carbocycles. The number of carbonyl (C=O) groups excluding carboxylic acids is 3. The van der Waals surface area contributed by atoms with E-state index in [1.165, 1.54) is 154 Å². The Morgan fingerprint density at radius 2 is 0.495 bits per heavy atom. The number of esters is 3. The highest BCUT2D eigenvalue weighted by molar-refractivity contribution is 7.47. The number of hydrogen-bond donors (Lipinski definition) is 4. The van der Waals surface area contributed by atoms with Gasteiger partial charge in [0, 0.05) is 19.3 Å². The highest BCUT2D eigenvalue weighted by atomic mass is 31.2. The van der Waals surface area contributed by atoms with Gasteiger partial charge in [-0.05, 0) is 135 Å². The van der Waals surface area contributed by atoms with E-state index in [1.807, 2.05) is 0 Å². The summed E-state index contributed by atoms with van der Waals surface area (Å²) < 4.78 is 61.3. The van der Waals surface area contributed by atoms with Crippen molar-refractivity contribution >= 4 is 33.6 Å². The third kappa shape index (κ3) is 82.7. The molecular formula is C89H156O16P2. The lowest BCUT2D eigenvalue weighted by Crippen LogP contribution is -2.30. The maximum atomic E-state index is 13.0. The average molecular weight is 1540 g/mol. The minimum Gasteiger partial charge on any atom is -0.463 e. The van der Waals surface area contributed by atoms with Crippen LogP contribution in [0.15, 0.2) is 122 Å². The van der Waals surface area contributed by atoms with E-state index >= 15 is 0 Å². The van der Waals surface area contributed by atoms with Gasteiger partial charge < -0.3 is 34.2 Å². The molecule has 0 rings (SSSR count). The molecule has 18 heteroatoms. The van der Waals surface area contributed by atoms with Crippen LogP contribution in [-0.4, -0.2) is 95.9 Å². The number of allylic oxidation sites excluding steroid dienone is 20. The molecule has 0 aliphatic rings. The molecule has 0 amide bonds. The maximum Gasteiger partial charge on any atom is 0.472 e. The summed E-state index contributed by atoms with van der Waals surface area (Å²) in [5.74, 6) is -1.58. The van der Waals surface area contributed by atoms with Crippen LogP contribution in [0.2, 0.25) is 0 Å². The van der Waals surface area contributed by atoms with Crippen molar-refractivity contribution < 1.29 is 75.8 Å². The molecule has 0 bridgehead atoms. The van der Waals surface area contributed by atoms with Gasteiger partial charge in [-0.3, -0.25) is 32.5 Å². The monoisotopic (exact) mass is 1540 g/mol. The molecule has 0 radical (unpaired) electrons. The van der Waals surface area contributed by atoms with Crippen LogP contribution in [0.3, 0.4) is 0 Å². The van der Waals surface area contributed by atoms with Crippen molar-refractivity contribution in [1.82, 2.24) is 0 Å². The molecule has 4 N–H and O–H groups in total. The number of rotatable bonds is 81.